The minimum atomic E-state index is 0. The molecular weight excluding hydrogens is 433 g/mol. The Hall–Kier alpha value is -1.35. The zero-order valence-electron chi connectivity index (χ0n) is 13.9. The SMILES string of the molecule is CCNC(=NCc1cccs1)N1CCN(c2ccccn2)CC1.I. The number of aliphatic imine (C=N–C) groups is 1. The van der Waals surface area contributed by atoms with Crippen LogP contribution in [0.3, 0.4) is 0 Å². The molecule has 0 atom stereocenters. The van der Waals surface area contributed by atoms with Crippen LogP contribution < -0.4 is 10.2 Å². The standard InChI is InChI=1S/C17H23N5S.HI/c1-2-18-17(20-14-15-6-5-13-23-15)22-11-9-21(10-12-22)16-7-3-4-8-19-16;/h3-8,13H,2,9-12,14H2,1H3,(H,18,20);1H. The Morgan fingerprint density at radius 1 is 1.21 bits per heavy atom. The van der Waals surface area contributed by atoms with Crippen LogP contribution in [0.5, 0.6) is 0 Å². The second kappa shape index (κ2) is 9.83. The van der Waals surface area contributed by atoms with E-state index >= 15 is 0 Å². The topological polar surface area (TPSA) is 43.8 Å². The number of halogens is 1. The summed E-state index contributed by atoms with van der Waals surface area (Å²) in [6.07, 6.45) is 1.86. The molecule has 24 heavy (non-hydrogen) atoms. The highest BCUT2D eigenvalue weighted by atomic mass is 127. The van der Waals surface area contributed by atoms with Gasteiger partial charge < -0.3 is 15.1 Å². The summed E-state index contributed by atoms with van der Waals surface area (Å²) < 4.78 is 0. The second-order valence-corrected chi connectivity index (χ2v) is 6.44. The van der Waals surface area contributed by atoms with Crippen molar-refractivity contribution in [3.63, 3.8) is 0 Å². The summed E-state index contributed by atoms with van der Waals surface area (Å²) in [6.45, 7) is 7.63. The number of guanidine groups is 1. The van der Waals surface area contributed by atoms with Crippen molar-refractivity contribution < 1.29 is 0 Å². The van der Waals surface area contributed by atoms with E-state index in [0.717, 1.165) is 51.0 Å². The third-order valence-electron chi connectivity index (χ3n) is 3.85. The van der Waals surface area contributed by atoms with E-state index in [9.17, 15) is 0 Å². The molecule has 3 heterocycles. The average molecular weight is 457 g/mol. The minimum Gasteiger partial charge on any atom is -0.357 e. The number of nitrogens with zero attached hydrogens (tertiary/aromatic N) is 4. The number of aromatic nitrogens is 1. The number of pyridine rings is 1. The smallest absolute Gasteiger partial charge is 0.194 e. The first-order valence-electron chi connectivity index (χ1n) is 8.08. The molecule has 0 amide bonds. The molecule has 3 rings (SSSR count). The Balaban J connectivity index is 0.00000208. The molecule has 130 valence electrons. The zero-order valence-corrected chi connectivity index (χ0v) is 17.0. The fraction of sp³-hybridized carbons (Fsp3) is 0.412. The van der Waals surface area contributed by atoms with Gasteiger partial charge in [-0.15, -0.1) is 35.3 Å². The lowest BCUT2D eigenvalue weighted by atomic mass is 10.3. The number of anilines is 1. The molecule has 0 radical (unpaired) electrons. The van der Waals surface area contributed by atoms with Gasteiger partial charge in [-0.05, 0) is 30.5 Å². The van der Waals surface area contributed by atoms with Crippen molar-refractivity contribution in [3.8, 4) is 0 Å². The molecule has 2 aromatic rings. The molecule has 2 aromatic heterocycles. The van der Waals surface area contributed by atoms with Gasteiger partial charge in [0.05, 0.1) is 6.54 Å². The highest BCUT2D eigenvalue weighted by Gasteiger charge is 2.20. The fourth-order valence-corrected chi connectivity index (χ4v) is 3.30. The summed E-state index contributed by atoms with van der Waals surface area (Å²) in [7, 11) is 0. The van der Waals surface area contributed by atoms with E-state index in [1.165, 1.54) is 4.88 Å². The third kappa shape index (κ3) is 5.07. The molecule has 1 fully saturated rings. The van der Waals surface area contributed by atoms with Gasteiger partial charge in [-0.1, -0.05) is 12.1 Å². The lowest BCUT2D eigenvalue weighted by Crippen LogP contribution is -2.52. The highest BCUT2D eigenvalue weighted by molar-refractivity contribution is 14.0. The summed E-state index contributed by atoms with van der Waals surface area (Å²) in [5.74, 6) is 2.08. The quantitative estimate of drug-likeness (QED) is 0.436. The molecule has 0 aromatic carbocycles. The minimum absolute atomic E-state index is 0. The van der Waals surface area contributed by atoms with Gasteiger partial charge in [-0.3, -0.25) is 0 Å². The van der Waals surface area contributed by atoms with Crippen LogP contribution in [0.4, 0.5) is 5.82 Å². The molecule has 0 saturated carbocycles. The number of hydrogen-bond acceptors (Lipinski definition) is 4. The molecule has 1 aliphatic heterocycles. The zero-order chi connectivity index (χ0) is 15.9. The van der Waals surface area contributed by atoms with E-state index in [1.54, 1.807) is 11.3 Å². The lowest BCUT2D eigenvalue weighted by molar-refractivity contribution is 0.371. The van der Waals surface area contributed by atoms with Crippen LogP contribution in [0.15, 0.2) is 46.9 Å². The predicted octanol–water partition coefficient (Wildman–Crippen LogP) is 3.05. The maximum Gasteiger partial charge on any atom is 0.194 e. The Kier molecular flexibility index (Phi) is 7.77. The van der Waals surface area contributed by atoms with Crippen molar-refractivity contribution in [2.24, 2.45) is 4.99 Å². The predicted molar refractivity (Wildman–Crippen MR) is 113 cm³/mol. The maximum atomic E-state index is 4.79. The highest BCUT2D eigenvalue weighted by Crippen LogP contribution is 2.13. The number of hydrogen-bond donors (Lipinski definition) is 1. The van der Waals surface area contributed by atoms with Crippen LogP contribution in [-0.2, 0) is 6.54 Å². The molecule has 1 aliphatic rings. The summed E-state index contributed by atoms with van der Waals surface area (Å²) in [6, 6.07) is 10.3. The first-order chi connectivity index (χ1) is 11.4. The summed E-state index contributed by atoms with van der Waals surface area (Å²) in [4.78, 5) is 15.2. The van der Waals surface area contributed by atoms with Crippen molar-refractivity contribution in [1.82, 2.24) is 15.2 Å². The van der Waals surface area contributed by atoms with E-state index < -0.39 is 0 Å². The number of rotatable bonds is 4. The lowest BCUT2D eigenvalue weighted by Gasteiger charge is -2.37. The molecule has 0 unspecified atom stereocenters. The Morgan fingerprint density at radius 2 is 2.04 bits per heavy atom. The molecule has 0 spiro atoms. The van der Waals surface area contributed by atoms with Crippen molar-refractivity contribution >= 4 is 47.1 Å². The number of piperazine rings is 1. The van der Waals surface area contributed by atoms with Crippen LogP contribution in [0, 0.1) is 0 Å². The number of thiophene rings is 1. The van der Waals surface area contributed by atoms with Gasteiger partial charge in [0.25, 0.3) is 0 Å². The average Bonchev–Trinajstić information content (AvgIpc) is 3.13. The molecule has 0 bridgehead atoms. The first kappa shape index (κ1) is 19.0. The van der Waals surface area contributed by atoms with E-state index in [4.69, 9.17) is 4.99 Å². The first-order valence-corrected chi connectivity index (χ1v) is 8.96. The van der Waals surface area contributed by atoms with E-state index in [1.807, 2.05) is 18.3 Å². The van der Waals surface area contributed by atoms with Gasteiger partial charge >= 0.3 is 0 Å². The fourth-order valence-electron chi connectivity index (χ4n) is 2.67. The third-order valence-corrected chi connectivity index (χ3v) is 4.71. The normalized spacial score (nSPS) is 15.1. The molecule has 7 heteroatoms. The van der Waals surface area contributed by atoms with Gasteiger partial charge in [-0.25, -0.2) is 9.98 Å². The van der Waals surface area contributed by atoms with E-state index in [0.29, 0.717) is 0 Å². The van der Waals surface area contributed by atoms with E-state index in [-0.39, 0.29) is 24.0 Å². The van der Waals surface area contributed by atoms with Gasteiger partial charge in [-0.2, -0.15) is 0 Å². The van der Waals surface area contributed by atoms with E-state index in [2.05, 4.69) is 50.6 Å². The molecule has 1 saturated heterocycles. The largest absolute Gasteiger partial charge is 0.357 e. The molecule has 5 nitrogen and oxygen atoms in total. The van der Waals surface area contributed by atoms with Gasteiger partial charge in [0.15, 0.2) is 5.96 Å². The molecule has 1 N–H and O–H groups in total. The monoisotopic (exact) mass is 457 g/mol. The summed E-state index contributed by atoms with van der Waals surface area (Å²) in [5.41, 5.74) is 0. The van der Waals surface area contributed by atoms with Gasteiger partial charge in [0.2, 0.25) is 0 Å². The van der Waals surface area contributed by atoms with Crippen LogP contribution in [0.2, 0.25) is 0 Å². The summed E-state index contributed by atoms with van der Waals surface area (Å²) in [5, 5.41) is 5.52. The van der Waals surface area contributed by atoms with Crippen LogP contribution >= 0.6 is 35.3 Å². The van der Waals surface area contributed by atoms with Gasteiger partial charge in [0.1, 0.15) is 5.82 Å². The molecule has 0 aliphatic carbocycles. The second-order valence-electron chi connectivity index (χ2n) is 5.41. The number of nitrogens with one attached hydrogen (secondary N) is 1. The Labute approximate surface area is 164 Å². The van der Waals surface area contributed by atoms with Crippen molar-refractivity contribution in [1.29, 1.82) is 0 Å². The van der Waals surface area contributed by atoms with Crippen LogP contribution in [-0.4, -0.2) is 48.6 Å². The van der Waals surface area contributed by atoms with Crippen molar-refractivity contribution in [2.75, 3.05) is 37.6 Å². The Morgan fingerprint density at radius 3 is 2.67 bits per heavy atom. The van der Waals surface area contributed by atoms with Crippen LogP contribution in [0.1, 0.15) is 11.8 Å². The summed E-state index contributed by atoms with van der Waals surface area (Å²) >= 11 is 1.76. The Bertz CT molecular complexity index is 609. The van der Waals surface area contributed by atoms with Crippen molar-refractivity contribution in [3.05, 3.63) is 46.8 Å². The van der Waals surface area contributed by atoms with Gasteiger partial charge in [0, 0.05) is 43.8 Å². The van der Waals surface area contributed by atoms with Crippen LogP contribution in [0.25, 0.3) is 0 Å². The maximum absolute atomic E-state index is 4.79. The molecular formula is C17H24IN5S. The van der Waals surface area contributed by atoms with Crippen molar-refractivity contribution in [2.45, 2.75) is 13.5 Å².